The first-order valence-electron chi connectivity index (χ1n) is 9.22. The van der Waals surface area contributed by atoms with Gasteiger partial charge in [-0.2, -0.15) is 5.10 Å². The Labute approximate surface area is 140 Å². The lowest BCUT2D eigenvalue weighted by Crippen LogP contribution is -2.40. The molecular weight excluding hydrogens is 288 g/mol. The summed E-state index contributed by atoms with van der Waals surface area (Å²) in [6, 6.07) is 0. The summed E-state index contributed by atoms with van der Waals surface area (Å²) in [6.07, 6.45) is 11.1. The summed E-state index contributed by atoms with van der Waals surface area (Å²) in [5, 5.41) is 10.8. The maximum Gasteiger partial charge on any atom is 0.0720 e. The van der Waals surface area contributed by atoms with E-state index in [9.17, 15) is 0 Å². The Morgan fingerprint density at radius 3 is 2.87 bits per heavy atom. The number of nitrogens with one attached hydrogen (secondary N) is 2. The second-order valence-electron chi connectivity index (χ2n) is 7.43. The molecule has 1 spiro atoms. The van der Waals surface area contributed by atoms with Gasteiger partial charge in [-0.25, -0.2) is 0 Å². The third-order valence-corrected chi connectivity index (χ3v) is 5.63. The second kappa shape index (κ2) is 7.77. The summed E-state index contributed by atoms with van der Waals surface area (Å²) in [4.78, 5) is 2.34. The predicted molar refractivity (Wildman–Crippen MR) is 92.6 cm³/mol. The maximum atomic E-state index is 6.39. The van der Waals surface area contributed by atoms with Gasteiger partial charge in [0.2, 0.25) is 0 Å². The third kappa shape index (κ3) is 4.14. The fraction of sp³-hybridized carbons (Fsp3) is 0.833. The molecule has 2 N–H and O–H groups in total. The zero-order valence-corrected chi connectivity index (χ0v) is 14.7. The highest BCUT2D eigenvalue weighted by Crippen LogP contribution is 2.42. The van der Waals surface area contributed by atoms with Crippen molar-refractivity contribution in [3.8, 4) is 0 Å². The summed E-state index contributed by atoms with van der Waals surface area (Å²) in [5.74, 6) is 0.460. The molecule has 0 aromatic carbocycles. The van der Waals surface area contributed by atoms with Gasteiger partial charge in [0.25, 0.3) is 0 Å². The van der Waals surface area contributed by atoms with E-state index in [1.54, 1.807) is 0 Å². The van der Waals surface area contributed by atoms with Gasteiger partial charge in [-0.3, -0.25) is 5.10 Å². The normalized spacial score (nSPS) is 24.4. The molecule has 5 nitrogen and oxygen atoms in total. The van der Waals surface area contributed by atoms with Crippen molar-refractivity contribution in [3.05, 3.63) is 17.5 Å². The zero-order valence-electron chi connectivity index (χ0n) is 14.7. The van der Waals surface area contributed by atoms with Crippen molar-refractivity contribution in [1.82, 2.24) is 20.4 Å². The first-order chi connectivity index (χ1) is 11.2. The average Bonchev–Trinajstić information content (AvgIpc) is 3.02. The van der Waals surface area contributed by atoms with Crippen LogP contribution in [0.25, 0.3) is 0 Å². The first kappa shape index (κ1) is 16.9. The van der Waals surface area contributed by atoms with E-state index in [1.165, 1.54) is 56.2 Å². The van der Waals surface area contributed by atoms with E-state index in [0.717, 1.165) is 26.2 Å². The van der Waals surface area contributed by atoms with Crippen LogP contribution in [0.5, 0.6) is 0 Å². The summed E-state index contributed by atoms with van der Waals surface area (Å²) >= 11 is 0. The molecule has 3 rings (SSSR count). The van der Waals surface area contributed by atoms with Crippen LogP contribution in [0.1, 0.15) is 62.1 Å². The standard InChI is InChI=1S/C18H32N4O/c1-19-10-11-22(2)13-16-12-20-21-17(16)15-6-9-18(23-14-15)7-4-3-5-8-18/h12,15,19H,3-11,13-14H2,1-2H3,(H,20,21)/t15-/m0/s1. The van der Waals surface area contributed by atoms with Crippen LogP contribution in [0.4, 0.5) is 0 Å². The molecule has 0 radical (unpaired) electrons. The molecular formula is C18H32N4O. The average molecular weight is 320 g/mol. The van der Waals surface area contributed by atoms with Gasteiger partial charge in [-0.05, 0) is 39.8 Å². The fourth-order valence-electron chi connectivity index (χ4n) is 4.15. The number of hydrogen-bond acceptors (Lipinski definition) is 4. The number of ether oxygens (including phenoxy) is 1. The Bertz CT molecular complexity index is 471. The molecule has 1 saturated heterocycles. The summed E-state index contributed by atoms with van der Waals surface area (Å²) in [6.45, 7) is 3.86. The van der Waals surface area contributed by atoms with Crippen molar-refractivity contribution in [1.29, 1.82) is 0 Å². The molecule has 0 amide bonds. The Morgan fingerprint density at radius 1 is 1.35 bits per heavy atom. The van der Waals surface area contributed by atoms with Gasteiger partial charge in [0.05, 0.1) is 17.9 Å². The molecule has 1 aromatic rings. The SMILES string of the molecule is CNCCN(C)Cc1c[nH]nc1[C@H]1CCC2(CCCCC2)OC1. The lowest BCUT2D eigenvalue weighted by Gasteiger charge is -2.42. The van der Waals surface area contributed by atoms with Crippen LogP contribution in [0, 0.1) is 0 Å². The van der Waals surface area contributed by atoms with Crippen molar-refractivity contribution in [2.75, 3.05) is 33.8 Å². The van der Waals surface area contributed by atoms with E-state index in [2.05, 4.69) is 33.7 Å². The van der Waals surface area contributed by atoms with Gasteiger partial charge in [0.15, 0.2) is 0 Å². The molecule has 1 saturated carbocycles. The Morgan fingerprint density at radius 2 is 2.17 bits per heavy atom. The van der Waals surface area contributed by atoms with Crippen LogP contribution in [0.15, 0.2) is 6.20 Å². The number of rotatable bonds is 6. The highest BCUT2D eigenvalue weighted by molar-refractivity contribution is 5.21. The van der Waals surface area contributed by atoms with Crippen LogP contribution in [0.2, 0.25) is 0 Å². The van der Waals surface area contributed by atoms with Crippen molar-refractivity contribution in [2.24, 2.45) is 0 Å². The van der Waals surface area contributed by atoms with E-state index < -0.39 is 0 Å². The molecule has 1 aromatic heterocycles. The predicted octanol–water partition coefficient (Wildman–Crippen LogP) is 2.66. The molecule has 130 valence electrons. The smallest absolute Gasteiger partial charge is 0.0720 e. The third-order valence-electron chi connectivity index (χ3n) is 5.63. The van der Waals surface area contributed by atoms with Gasteiger partial charge in [0, 0.05) is 37.3 Å². The quantitative estimate of drug-likeness (QED) is 0.846. The van der Waals surface area contributed by atoms with E-state index >= 15 is 0 Å². The monoisotopic (exact) mass is 320 g/mol. The Hall–Kier alpha value is -0.910. The topological polar surface area (TPSA) is 53.2 Å². The lowest BCUT2D eigenvalue weighted by molar-refractivity contribution is -0.108. The number of likely N-dealkylation sites (N-methyl/N-ethyl adjacent to an activating group) is 2. The highest BCUT2D eigenvalue weighted by atomic mass is 16.5. The van der Waals surface area contributed by atoms with E-state index in [1.807, 2.05) is 7.05 Å². The van der Waals surface area contributed by atoms with Gasteiger partial charge in [0.1, 0.15) is 0 Å². The number of H-pyrrole nitrogens is 1. The molecule has 0 bridgehead atoms. The molecule has 2 heterocycles. The Balaban J connectivity index is 1.57. The van der Waals surface area contributed by atoms with Gasteiger partial charge in [-0.1, -0.05) is 19.3 Å². The largest absolute Gasteiger partial charge is 0.374 e. The highest BCUT2D eigenvalue weighted by Gasteiger charge is 2.38. The van der Waals surface area contributed by atoms with Crippen LogP contribution in [-0.4, -0.2) is 54.5 Å². The number of aromatic amines is 1. The number of aromatic nitrogens is 2. The van der Waals surface area contributed by atoms with Crippen molar-refractivity contribution < 1.29 is 4.74 Å². The van der Waals surface area contributed by atoms with E-state index in [0.29, 0.717) is 5.92 Å². The molecule has 23 heavy (non-hydrogen) atoms. The molecule has 1 atom stereocenters. The van der Waals surface area contributed by atoms with Crippen molar-refractivity contribution in [3.63, 3.8) is 0 Å². The van der Waals surface area contributed by atoms with Gasteiger partial charge < -0.3 is 15.0 Å². The molecule has 1 aliphatic heterocycles. The van der Waals surface area contributed by atoms with Crippen LogP contribution < -0.4 is 5.32 Å². The summed E-state index contributed by atoms with van der Waals surface area (Å²) < 4.78 is 6.39. The van der Waals surface area contributed by atoms with Crippen LogP contribution >= 0.6 is 0 Å². The van der Waals surface area contributed by atoms with Crippen molar-refractivity contribution >= 4 is 0 Å². The fourth-order valence-corrected chi connectivity index (χ4v) is 4.15. The van der Waals surface area contributed by atoms with E-state index in [4.69, 9.17) is 4.74 Å². The van der Waals surface area contributed by atoms with Crippen LogP contribution in [-0.2, 0) is 11.3 Å². The van der Waals surface area contributed by atoms with Gasteiger partial charge >= 0.3 is 0 Å². The second-order valence-corrected chi connectivity index (χ2v) is 7.43. The summed E-state index contributed by atoms with van der Waals surface area (Å²) in [7, 11) is 4.17. The molecule has 1 aliphatic carbocycles. The lowest BCUT2D eigenvalue weighted by atomic mass is 9.77. The minimum absolute atomic E-state index is 0.203. The molecule has 0 unspecified atom stereocenters. The molecule has 5 heteroatoms. The maximum absolute atomic E-state index is 6.39. The minimum Gasteiger partial charge on any atom is -0.374 e. The van der Waals surface area contributed by atoms with Gasteiger partial charge in [-0.15, -0.1) is 0 Å². The zero-order chi connectivity index (χ0) is 16.1. The molecule has 2 fully saturated rings. The van der Waals surface area contributed by atoms with E-state index in [-0.39, 0.29) is 5.60 Å². The molecule has 2 aliphatic rings. The van der Waals surface area contributed by atoms with Crippen molar-refractivity contribution in [2.45, 2.75) is 63.0 Å². The first-order valence-corrected chi connectivity index (χ1v) is 9.22. The minimum atomic E-state index is 0.203. The number of hydrogen-bond donors (Lipinski definition) is 2. The Kier molecular flexibility index (Phi) is 5.72. The number of nitrogens with zero attached hydrogens (tertiary/aromatic N) is 2. The van der Waals surface area contributed by atoms with Crippen LogP contribution in [0.3, 0.4) is 0 Å². The summed E-state index contributed by atoms with van der Waals surface area (Å²) in [5.41, 5.74) is 2.76.